The second kappa shape index (κ2) is 5.79. The Morgan fingerprint density at radius 3 is 2.48 bits per heavy atom. The van der Waals surface area contributed by atoms with E-state index in [0.29, 0.717) is 36.4 Å². The van der Waals surface area contributed by atoms with E-state index < -0.39 is 16.1 Å². The third-order valence-electron chi connectivity index (χ3n) is 4.36. The summed E-state index contributed by atoms with van der Waals surface area (Å²) in [5.74, 6) is 0.911. The Morgan fingerprint density at radius 1 is 1.17 bits per heavy atom. The first-order valence-electron chi connectivity index (χ1n) is 7.89. The van der Waals surface area contributed by atoms with Crippen molar-refractivity contribution in [2.24, 2.45) is 11.8 Å². The quantitative estimate of drug-likeness (QED) is 0.896. The molecule has 7 heteroatoms. The molecule has 2 heterocycles. The van der Waals surface area contributed by atoms with Crippen LogP contribution in [0.2, 0.25) is 0 Å². The van der Waals surface area contributed by atoms with E-state index in [2.05, 4.69) is 19.2 Å². The third-order valence-corrected chi connectivity index (χ3v) is 6.18. The van der Waals surface area contributed by atoms with E-state index in [1.54, 1.807) is 23.4 Å². The molecule has 0 bridgehead atoms. The number of hydrogen-bond acceptors (Lipinski definition) is 4. The Kier molecular flexibility index (Phi) is 4.10. The van der Waals surface area contributed by atoms with Gasteiger partial charge in [-0.05, 0) is 43.4 Å². The summed E-state index contributed by atoms with van der Waals surface area (Å²) in [7, 11) is -3.57. The molecular weight excluding hydrogens is 316 g/mol. The second-order valence-electron chi connectivity index (χ2n) is 6.68. The number of hydrogen-bond donors (Lipinski definition) is 1. The fraction of sp³-hybridized carbons (Fsp3) is 0.562. The van der Waals surface area contributed by atoms with Crippen LogP contribution in [0.3, 0.4) is 0 Å². The number of ether oxygens (including phenoxy) is 1. The zero-order valence-corrected chi connectivity index (χ0v) is 14.4. The van der Waals surface area contributed by atoms with Crippen molar-refractivity contribution in [2.75, 3.05) is 18.4 Å². The molecule has 2 aliphatic heterocycles. The first-order chi connectivity index (χ1) is 10.8. The van der Waals surface area contributed by atoms with Crippen LogP contribution in [0, 0.1) is 11.8 Å². The zero-order chi connectivity index (χ0) is 16.8. The van der Waals surface area contributed by atoms with Crippen molar-refractivity contribution in [1.29, 1.82) is 0 Å². The van der Waals surface area contributed by atoms with Gasteiger partial charge in [-0.15, -0.1) is 0 Å². The van der Waals surface area contributed by atoms with Crippen LogP contribution in [-0.4, -0.2) is 37.8 Å². The summed E-state index contributed by atoms with van der Waals surface area (Å²) in [6.07, 6.45) is 0.464. The zero-order valence-electron chi connectivity index (χ0n) is 13.6. The topological polar surface area (TPSA) is 75.7 Å². The molecule has 2 aliphatic rings. The van der Waals surface area contributed by atoms with Gasteiger partial charge in [0, 0.05) is 13.1 Å². The van der Waals surface area contributed by atoms with Crippen LogP contribution < -0.4 is 10.1 Å². The van der Waals surface area contributed by atoms with Crippen molar-refractivity contribution < 1.29 is 17.9 Å². The monoisotopic (exact) mass is 338 g/mol. The van der Waals surface area contributed by atoms with E-state index in [9.17, 15) is 13.2 Å². The van der Waals surface area contributed by atoms with Gasteiger partial charge in [0.05, 0.1) is 10.6 Å². The Labute approximate surface area is 136 Å². The molecule has 0 unspecified atom stereocenters. The predicted molar refractivity (Wildman–Crippen MR) is 86.9 cm³/mol. The molecule has 1 saturated heterocycles. The van der Waals surface area contributed by atoms with E-state index in [1.807, 2.05) is 0 Å². The van der Waals surface area contributed by atoms with E-state index in [-0.39, 0.29) is 10.8 Å². The van der Waals surface area contributed by atoms with Crippen molar-refractivity contribution in [3.05, 3.63) is 18.2 Å². The maximum Gasteiger partial charge on any atom is 0.265 e. The highest BCUT2D eigenvalue weighted by Gasteiger charge is 2.33. The second-order valence-corrected chi connectivity index (χ2v) is 8.61. The lowest BCUT2D eigenvalue weighted by Crippen LogP contribution is -2.42. The highest BCUT2D eigenvalue weighted by atomic mass is 32.2. The Hall–Kier alpha value is -1.60. The van der Waals surface area contributed by atoms with Crippen LogP contribution >= 0.6 is 0 Å². The lowest BCUT2D eigenvalue weighted by atomic mass is 9.94. The highest BCUT2D eigenvalue weighted by molar-refractivity contribution is 7.89. The molecule has 126 valence electrons. The average molecular weight is 338 g/mol. The van der Waals surface area contributed by atoms with Crippen molar-refractivity contribution in [2.45, 2.75) is 38.2 Å². The molecular formula is C16H22N2O4S. The van der Waals surface area contributed by atoms with Gasteiger partial charge in [0.15, 0.2) is 6.10 Å². The van der Waals surface area contributed by atoms with E-state index in [4.69, 9.17) is 4.74 Å². The molecule has 0 radical (unpaired) electrons. The lowest BCUT2D eigenvalue weighted by molar-refractivity contribution is -0.122. The minimum Gasteiger partial charge on any atom is -0.479 e. The number of fused-ring (bicyclic) bond motifs is 1. The van der Waals surface area contributed by atoms with E-state index in [1.165, 1.54) is 6.07 Å². The maximum absolute atomic E-state index is 12.9. The van der Waals surface area contributed by atoms with Crippen LogP contribution in [0.1, 0.15) is 27.2 Å². The molecule has 1 amide bonds. The number of nitrogens with one attached hydrogen (secondary N) is 1. The first kappa shape index (κ1) is 16.3. The van der Waals surface area contributed by atoms with Gasteiger partial charge < -0.3 is 10.1 Å². The largest absolute Gasteiger partial charge is 0.479 e. The van der Waals surface area contributed by atoms with Gasteiger partial charge in [0.1, 0.15) is 5.75 Å². The average Bonchev–Trinajstić information content (AvgIpc) is 2.47. The Morgan fingerprint density at radius 2 is 1.83 bits per heavy atom. The summed E-state index contributed by atoms with van der Waals surface area (Å²) < 4.78 is 32.8. The molecule has 1 aromatic carbocycles. The molecule has 0 aliphatic carbocycles. The predicted octanol–water partition coefficient (Wildman–Crippen LogP) is 2.07. The van der Waals surface area contributed by atoms with Crippen molar-refractivity contribution in [1.82, 2.24) is 4.31 Å². The van der Waals surface area contributed by atoms with Gasteiger partial charge in [0.25, 0.3) is 5.91 Å². The molecule has 3 atom stereocenters. The molecule has 23 heavy (non-hydrogen) atoms. The molecule has 1 aromatic rings. The van der Waals surface area contributed by atoms with Gasteiger partial charge in [-0.2, -0.15) is 4.31 Å². The standard InChI is InChI=1S/C16H22N2O4S/c1-10-6-11(2)9-18(8-10)23(20,21)13-4-5-15-14(7-13)17-16(19)12(3)22-15/h4-5,7,10-12H,6,8-9H2,1-3H3,(H,17,19)/t10-,11+,12-/m0/s1. The van der Waals surface area contributed by atoms with Crippen molar-refractivity contribution in [3.8, 4) is 5.75 Å². The number of carbonyl (C=O) groups is 1. The Bertz CT molecular complexity index is 722. The summed E-state index contributed by atoms with van der Waals surface area (Å²) in [6, 6.07) is 4.63. The number of piperidine rings is 1. The normalized spacial score (nSPS) is 28.7. The van der Waals surface area contributed by atoms with E-state index in [0.717, 1.165) is 6.42 Å². The number of nitrogens with zero attached hydrogens (tertiary/aromatic N) is 1. The molecule has 0 spiro atoms. The molecule has 1 N–H and O–H groups in total. The summed E-state index contributed by atoms with van der Waals surface area (Å²) in [6.45, 7) is 6.85. The van der Waals surface area contributed by atoms with Crippen molar-refractivity contribution in [3.63, 3.8) is 0 Å². The van der Waals surface area contributed by atoms with Gasteiger partial charge in [-0.3, -0.25) is 4.79 Å². The molecule has 0 aromatic heterocycles. The van der Waals surface area contributed by atoms with Gasteiger partial charge in [0.2, 0.25) is 10.0 Å². The number of carbonyl (C=O) groups excluding carboxylic acids is 1. The molecule has 1 fully saturated rings. The lowest BCUT2D eigenvalue weighted by Gasteiger charge is -2.34. The molecule has 0 saturated carbocycles. The summed E-state index contributed by atoms with van der Waals surface area (Å²) in [5.41, 5.74) is 0.410. The number of sulfonamides is 1. The molecule has 6 nitrogen and oxygen atoms in total. The van der Waals surface area contributed by atoms with Crippen molar-refractivity contribution >= 4 is 21.6 Å². The van der Waals surface area contributed by atoms with Crippen LogP contribution in [0.5, 0.6) is 5.75 Å². The smallest absolute Gasteiger partial charge is 0.265 e. The van der Waals surface area contributed by atoms with Crippen LogP contribution in [0.25, 0.3) is 0 Å². The summed E-state index contributed by atoms with van der Waals surface area (Å²) >= 11 is 0. The van der Waals surface area contributed by atoms with Crippen LogP contribution in [0.15, 0.2) is 23.1 Å². The number of rotatable bonds is 2. The minimum absolute atomic E-state index is 0.191. The maximum atomic E-state index is 12.9. The Balaban J connectivity index is 1.92. The summed E-state index contributed by atoms with van der Waals surface area (Å²) in [5, 5.41) is 2.70. The van der Waals surface area contributed by atoms with Gasteiger partial charge >= 0.3 is 0 Å². The third kappa shape index (κ3) is 3.07. The SMILES string of the molecule is C[C@@H]1C[C@H](C)CN(S(=O)(=O)c2ccc3c(c2)NC(=O)[C@H](C)O3)C1. The number of amides is 1. The number of benzene rings is 1. The molecule has 3 rings (SSSR count). The van der Waals surface area contributed by atoms with Crippen LogP contribution in [0.4, 0.5) is 5.69 Å². The van der Waals surface area contributed by atoms with E-state index >= 15 is 0 Å². The number of anilines is 1. The van der Waals surface area contributed by atoms with Gasteiger partial charge in [-0.25, -0.2) is 8.42 Å². The fourth-order valence-corrected chi connectivity index (χ4v) is 5.01. The highest BCUT2D eigenvalue weighted by Crippen LogP contribution is 2.34. The van der Waals surface area contributed by atoms with Gasteiger partial charge in [-0.1, -0.05) is 13.8 Å². The summed E-state index contributed by atoms with van der Waals surface area (Å²) in [4.78, 5) is 11.9. The minimum atomic E-state index is -3.57. The first-order valence-corrected chi connectivity index (χ1v) is 9.33. The van der Waals surface area contributed by atoms with Crippen LogP contribution in [-0.2, 0) is 14.8 Å². The fourth-order valence-electron chi connectivity index (χ4n) is 3.30.